The number of aliphatic hydroxyl groups excluding tert-OH is 1. The zero-order valence-electron chi connectivity index (χ0n) is 11.0. The van der Waals surface area contributed by atoms with E-state index < -0.39 is 6.10 Å². The minimum Gasteiger partial charge on any atom is -0.388 e. The summed E-state index contributed by atoms with van der Waals surface area (Å²) in [6.07, 6.45) is 3.10. The minimum absolute atomic E-state index is 0.387. The first-order valence-electron chi connectivity index (χ1n) is 6.44. The monoisotopic (exact) mass is 244 g/mol. The third-order valence-corrected chi connectivity index (χ3v) is 3.05. The lowest BCUT2D eigenvalue weighted by Crippen LogP contribution is -2.03. The number of rotatable bonds is 5. The Kier molecular flexibility index (Phi) is 4.15. The van der Waals surface area contributed by atoms with Crippen molar-refractivity contribution in [2.24, 2.45) is 0 Å². The molecule has 0 amide bonds. The fraction of sp³-hybridized carbons (Fsp3) is 0.400. The van der Waals surface area contributed by atoms with Crippen LogP contribution in [-0.4, -0.2) is 14.9 Å². The van der Waals surface area contributed by atoms with Crippen LogP contribution in [0.1, 0.15) is 43.7 Å². The van der Waals surface area contributed by atoms with E-state index in [1.54, 1.807) is 0 Å². The first-order chi connectivity index (χ1) is 8.66. The molecule has 1 N–H and O–H groups in total. The molecule has 2 rings (SSSR count). The van der Waals surface area contributed by atoms with Crippen LogP contribution in [0.5, 0.6) is 0 Å². The lowest BCUT2D eigenvalue weighted by atomic mass is 10.0. The molecule has 3 heteroatoms. The SMILES string of the molecule is CC(C)n1ccc(CCC(O)c2ccccc2)n1. The molecule has 0 fully saturated rings. The molecule has 18 heavy (non-hydrogen) atoms. The highest BCUT2D eigenvalue weighted by Crippen LogP contribution is 2.18. The molecule has 1 aromatic heterocycles. The predicted octanol–water partition coefficient (Wildman–Crippen LogP) is 3.13. The summed E-state index contributed by atoms with van der Waals surface area (Å²) in [6.45, 7) is 4.21. The van der Waals surface area contributed by atoms with Crippen LogP contribution in [-0.2, 0) is 6.42 Å². The zero-order chi connectivity index (χ0) is 13.0. The van der Waals surface area contributed by atoms with Gasteiger partial charge in [-0.3, -0.25) is 4.68 Å². The molecule has 1 unspecified atom stereocenters. The predicted molar refractivity (Wildman–Crippen MR) is 72.3 cm³/mol. The maximum atomic E-state index is 10.1. The molecule has 0 aliphatic carbocycles. The number of aryl methyl sites for hydroxylation is 1. The fourth-order valence-electron chi connectivity index (χ4n) is 1.92. The summed E-state index contributed by atoms with van der Waals surface area (Å²) in [5.41, 5.74) is 2.01. The normalized spacial score (nSPS) is 12.9. The Morgan fingerprint density at radius 2 is 1.89 bits per heavy atom. The van der Waals surface area contributed by atoms with Crippen LogP contribution in [0.3, 0.4) is 0 Å². The smallest absolute Gasteiger partial charge is 0.0793 e. The number of aromatic nitrogens is 2. The van der Waals surface area contributed by atoms with Crippen LogP contribution in [0.25, 0.3) is 0 Å². The first kappa shape index (κ1) is 12.8. The van der Waals surface area contributed by atoms with Crippen molar-refractivity contribution in [1.29, 1.82) is 0 Å². The average molecular weight is 244 g/mol. The third-order valence-electron chi connectivity index (χ3n) is 3.05. The summed E-state index contributed by atoms with van der Waals surface area (Å²) in [4.78, 5) is 0. The second-order valence-corrected chi connectivity index (χ2v) is 4.85. The Bertz CT molecular complexity index is 476. The average Bonchev–Trinajstić information content (AvgIpc) is 2.86. The van der Waals surface area contributed by atoms with Crippen LogP contribution < -0.4 is 0 Å². The summed E-state index contributed by atoms with van der Waals surface area (Å²) in [5.74, 6) is 0. The van der Waals surface area contributed by atoms with E-state index in [-0.39, 0.29) is 0 Å². The summed E-state index contributed by atoms with van der Waals surface area (Å²) >= 11 is 0. The second kappa shape index (κ2) is 5.83. The highest BCUT2D eigenvalue weighted by Gasteiger charge is 2.08. The van der Waals surface area contributed by atoms with Gasteiger partial charge in [0.1, 0.15) is 0 Å². The van der Waals surface area contributed by atoms with Gasteiger partial charge in [-0.2, -0.15) is 5.10 Å². The number of hydrogen-bond donors (Lipinski definition) is 1. The van der Waals surface area contributed by atoms with Crippen molar-refractivity contribution in [2.75, 3.05) is 0 Å². The summed E-state index contributed by atoms with van der Waals surface area (Å²) < 4.78 is 1.95. The van der Waals surface area contributed by atoms with Crippen molar-refractivity contribution in [1.82, 2.24) is 9.78 Å². The van der Waals surface area contributed by atoms with Crippen molar-refractivity contribution in [3.05, 3.63) is 53.9 Å². The van der Waals surface area contributed by atoms with Gasteiger partial charge in [0.2, 0.25) is 0 Å². The summed E-state index contributed by atoms with van der Waals surface area (Å²) in [6, 6.07) is 12.2. The number of aliphatic hydroxyl groups is 1. The molecular formula is C15H20N2O. The number of hydrogen-bond acceptors (Lipinski definition) is 2. The van der Waals surface area contributed by atoms with E-state index in [4.69, 9.17) is 0 Å². The molecule has 0 spiro atoms. The fourth-order valence-corrected chi connectivity index (χ4v) is 1.92. The maximum Gasteiger partial charge on any atom is 0.0793 e. The van der Waals surface area contributed by atoms with Crippen LogP contribution in [0.15, 0.2) is 42.6 Å². The molecule has 1 aromatic carbocycles. The molecule has 0 saturated heterocycles. The second-order valence-electron chi connectivity index (χ2n) is 4.85. The highest BCUT2D eigenvalue weighted by molar-refractivity contribution is 5.17. The van der Waals surface area contributed by atoms with Crippen LogP contribution in [0.2, 0.25) is 0 Å². The Hall–Kier alpha value is -1.61. The molecule has 0 radical (unpaired) electrons. The van der Waals surface area contributed by atoms with E-state index in [0.29, 0.717) is 12.5 Å². The summed E-state index contributed by atoms with van der Waals surface area (Å²) in [7, 11) is 0. The van der Waals surface area contributed by atoms with Gasteiger partial charge in [0, 0.05) is 12.2 Å². The topological polar surface area (TPSA) is 38.0 Å². The van der Waals surface area contributed by atoms with E-state index in [9.17, 15) is 5.11 Å². The Balaban J connectivity index is 1.91. The molecule has 1 heterocycles. The molecule has 0 bridgehead atoms. The quantitative estimate of drug-likeness (QED) is 0.877. The van der Waals surface area contributed by atoms with Gasteiger partial charge in [0.15, 0.2) is 0 Å². The standard InChI is InChI=1S/C15H20N2O/c1-12(2)17-11-10-14(16-17)8-9-15(18)13-6-4-3-5-7-13/h3-7,10-12,15,18H,8-9H2,1-2H3. The molecule has 2 aromatic rings. The molecular weight excluding hydrogens is 224 g/mol. The van der Waals surface area contributed by atoms with Gasteiger partial charge in [-0.15, -0.1) is 0 Å². The van der Waals surface area contributed by atoms with Crippen molar-refractivity contribution in [3.8, 4) is 0 Å². The molecule has 0 aliphatic heterocycles. The first-order valence-corrected chi connectivity index (χ1v) is 6.44. The van der Waals surface area contributed by atoms with Gasteiger partial charge < -0.3 is 5.11 Å². The van der Waals surface area contributed by atoms with Gasteiger partial charge in [0.25, 0.3) is 0 Å². The lowest BCUT2D eigenvalue weighted by Gasteiger charge is -2.09. The summed E-state index contributed by atoms with van der Waals surface area (Å²) in [5, 5.41) is 14.5. The van der Waals surface area contributed by atoms with E-state index in [1.165, 1.54) is 0 Å². The van der Waals surface area contributed by atoms with Crippen LogP contribution in [0, 0.1) is 0 Å². The van der Waals surface area contributed by atoms with Crippen molar-refractivity contribution >= 4 is 0 Å². The largest absolute Gasteiger partial charge is 0.388 e. The van der Waals surface area contributed by atoms with E-state index in [0.717, 1.165) is 17.7 Å². The number of nitrogens with zero attached hydrogens (tertiary/aromatic N) is 2. The van der Waals surface area contributed by atoms with Crippen LogP contribution >= 0.6 is 0 Å². The zero-order valence-corrected chi connectivity index (χ0v) is 11.0. The molecule has 0 saturated carbocycles. The van der Waals surface area contributed by atoms with E-state index >= 15 is 0 Å². The lowest BCUT2D eigenvalue weighted by molar-refractivity contribution is 0.167. The molecule has 96 valence electrons. The van der Waals surface area contributed by atoms with Gasteiger partial charge in [0.05, 0.1) is 11.8 Å². The van der Waals surface area contributed by atoms with Gasteiger partial charge in [-0.1, -0.05) is 30.3 Å². The highest BCUT2D eigenvalue weighted by atomic mass is 16.3. The minimum atomic E-state index is -0.407. The molecule has 0 aliphatic rings. The van der Waals surface area contributed by atoms with Gasteiger partial charge in [-0.05, 0) is 38.3 Å². The number of benzene rings is 1. The maximum absolute atomic E-state index is 10.1. The van der Waals surface area contributed by atoms with Gasteiger partial charge >= 0.3 is 0 Å². The van der Waals surface area contributed by atoms with Crippen molar-refractivity contribution in [3.63, 3.8) is 0 Å². The Morgan fingerprint density at radius 1 is 1.17 bits per heavy atom. The van der Waals surface area contributed by atoms with E-state index in [1.807, 2.05) is 47.3 Å². The third kappa shape index (κ3) is 3.20. The van der Waals surface area contributed by atoms with Crippen molar-refractivity contribution in [2.45, 2.75) is 38.8 Å². The Labute approximate surface area is 108 Å². The molecule has 1 atom stereocenters. The molecule has 3 nitrogen and oxygen atoms in total. The Morgan fingerprint density at radius 3 is 2.50 bits per heavy atom. The van der Waals surface area contributed by atoms with Gasteiger partial charge in [-0.25, -0.2) is 0 Å². The van der Waals surface area contributed by atoms with Crippen molar-refractivity contribution < 1.29 is 5.11 Å². The van der Waals surface area contributed by atoms with E-state index in [2.05, 4.69) is 18.9 Å². The van der Waals surface area contributed by atoms with Crippen LogP contribution in [0.4, 0.5) is 0 Å².